The molecule has 3 N–H and O–H groups in total. The maximum Gasteiger partial charge on any atom is 0.243 e. The first-order chi connectivity index (χ1) is 20.2. The Kier molecular flexibility index (Phi) is 9.41. The molecule has 222 valence electrons. The van der Waals surface area contributed by atoms with Crippen LogP contribution in [0, 0.1) is 0 Å². The molecule has 0 saturated heterocycles. The average Bonchev–Trinajstić information content (AvgIpc) is 3.23. The summed E-state index contributed by atoms with van der Waals surface area (Å²) in [6.45, 7) is 1.26. The van der Waals surface area contributed by atoms with E-state index < -0.39 is 6.04 Å². The smallest absolute Gasteiger partial charge is 0.243 e. The monoisotopic (exact) mass is 577 g/mol. The van der Waals surface area contributed by atoms with E-state index in [1.165, 1.54) is 34.3 Å². The van der Waals surface area contributed by atoms with Crippen LogP contribution in [0.15, 0.2) is 47.3 Å². The Labute approximate surface area is 244 Å². The lowest BCUT2D eigenvalue weighted by atomic mass is 9.95. The highest BCUT2D eigenvalue weighted by molar-refractivity contribution is 5.95. The lowest BCUT2D eigenvalue weighted by Gasteiger charge is -2.19. The van der Waals surface area contributed by atoms with E-state index in [2.05, 4.69) is 16.0 Å². The number of nitrogens with one attached hydrogen (secondary N) is 3. The molecular formula is C31H35N3O8. The normalized spacial score (nSPS) is 13.4. The largest absolute Gasteiger partial charge is 0.497 e. The van der Waals surface area contributed by atoms with Gasteiger partial charge in [-0.05, 0) is 59.9 Å². The van der Waals surface area contributed by atoms with Crippen LogP contribution in [-0.4, -0.2) is 53.9 Å². The van der Waals surface area contributed by atoms with Gasteiger partial charge in [0.25, 0.3) is 0 Å². The van der Waals surface area contributed by atoms with Crippen molar-refractivity contribution in [2.24, 2.45) is 0 Å². The third-order valence-corrected chi connectivity index (χ3v) is 7.04. The summed E-state index contributed by atoms with van der Waals surface area (Å²) in [5.41, 5.74) is 3.30. The van der Waals surface area contributed by atoms with E-state index in [0.29, 0.717) is 58.4 Å². The van der Waals surface area contributed by atoms with Gasteiger partial charge in [-0.3, -0.25) is 14.4 Å². The molecule has 0 aromatic heterocycles. The summed E-state index contributed by atoms with van der Waals surface area (Å²) in [5, 5.41) is 8.71. The molecule has 0 fully saturated rings. The number of carbonyl (C=O) groups is 2. The number of amides is 2. The Hall–Kier alpha value is -4.93. The van der Waals surface area contributed by atoms with Gasteiger partial charge in [0.1, 0.15) is 11.5 Å². The molecule has 0 aliphatic heterocycles. The lowest BCUT2D eigenvalue weighted by molar-refractivity contribution is -0.119. The minimum atomic E-state index is -0.439. The van der Waals surface area contributed by atoms with Crippen molar-refractivity contribution in [3.8, 4) is 39.9 Å². The van der Waals surface area contributed by atoms with Crippen LogP contribution in [0.2, 0.25) is 0 Å². The molecule has 11 heteroatoms. The van der Waals surface area contributed by atoms with Gasteiger partial charge in [-0.2, -0.15) is 0 Å². The number of fused-ring (bicyclic) bond motifs is 3. The topological polar surface area (TPSA) is 133 Å². The van der Waals surface area contributed by atoms with E-state index in [1.54, 1.807) is 44.6 Å². The molecule has 0 bridgehead atoms. The lowest BCUT2D eigenvalue weighted by Crippen LogP contribution is -2.27. The Morgan fingerprint density at radius 1 is 0.833 bits per heavy atom. The summed E-state index contributed by atoms with van der Waals surface area (Å²) in [6, 6.07) is 11.4. The zero-order valence-corrected chi connectivity index (χ0v) is 24.5. The van der Waals surface area contributed by atoms with E-state index in [4.69, 9.17) is 23.7 Å². The Morgan fingerprint density at radius 3 is 2.19 bits per heavy atom. The van der Waals surface area contributed by atoms with E-state index in [-0.39, 0.29) is 29.5 Å². The number of methoxy groups -OCH3 is 5. The number of hydrogen-bond acceptors (Lipinski definition) is 9. The number of rotatable bonds is 10. The van der Waals surface area contributed by atoms with Crippen molar-refractivity contribution in [2.75, 3.05) is 52.7 Å². The van der Waals surface area contributed by atoms with Gasteiger partial charge in [0.15, 0.2) is 11.5 Å². The summed E-state index contributed by atoms with van der Waals surface area (Å²) >= 11 is 0. The summed E-state index contributed by atoms with van der Waals surface area (Å²) < 4.78 is 27.5. The van der Waals surface area contributed by atoms with Crippen molar-refractivity contribution in [1.82, 2.24) is 5.32 Å². The summed E-state index contributed by atoms with van der Waals surface area (Å²) in [5.74, 6) is 1.80. The first kappa shape index (κ1) is 30.0. The van der Waals surface area contributed by atoms with Gasteiger partial charge in [0, 0.05) is 18.6 Å². The van der Waals surface area contributed by atoms with Crippen LogP contribution in [0.3, 0.4) is 0 Å². The minimum absolute atomic E-state index is 0.181. The number of benzene rings is 2. The van der Waals surface area contributed by atoms with Crippen molar-refractivity contribution >= 4 is 23.2 Å². The molecule has 0 heterocycles. The van der Waals surface area contributed by atoms with Gasteiger partial charge in [-0.1, -0.05) is 6.07 Å². The van der Waals surface area contributed by atoms with Gasteiger partial charge in [-0.25, -0.2) is 0 Å². The number of carbonyl (C=O) groups excluding carboxylic acids is 2. The molecule has 0 radical (unpaired) electrons. The van der Waals surface area contributed by atoms with E-state index in [0.717, 1.165) is 11.1 Å². The SMILES string of the molecule is COc1ccc(NC(=O)CNc2ccc3c(cc2=O)[C@@H](NC(C)=O)CCc2cc(OC)c(OC)c(OC)c2-3)c(OC)c1. The molecule has 11 nitrogen and oxygen atoms in total. The van der Waals surface area contributed by atoms with Crippen molar-refractivity contribution in [3.05, 3.63) is 63.8 Å². The van der Waals surface area contributed by atoms with Gasteiger partial charge in [0.2, 0.25) is 23.0 Å². The van der Waals surface area contributed by atoms with Crippen LogP contribution in [0.1, 0.15) is 30.5 Å². The van der Waals surface area contributed by atoms with Crippen LogP contribution >= 0.6 is 0 Å². The standard InChI is InChI=1S/C31H35N3O8/c1-17(35)33-22-10-7-18-13-27(40-4)30(41-5)31(42-6)29(18)20-9-12-23(25(36)15-21(20)22)32-16-28(37)34-24-11-8-19(38-2)14-26(24)39-3/h8-9,11-15,22H,7,10,16H2,1-6H3,(H,32,36)(H,33,35)(H,34,37)/t22-/m0/s1. The molecule has 0 spiro atoms. The predicted octanol–water partition coefficient (Wildman–Crippen LogP) is 3.93. The first-order valence-electron chi connectivity index (χ1n) is 13.3. The number of ether oxygens (including phenoxy) is 5. The second kappa shape index (κ2) is 13.2. The zero-order valence-electron chi connectivity index (χ0n) is 24.5. The maximum atomic E-state index is 13.4. The maximum absolute atomic E-state index is 13.4. The van der Waals surface area contributed by atoms with E-state index in [9.17, 15) is 14.4 Å². The average molecular weight is 578 g/mol. The molecule has 1 aliphatic carbocycles. The first-order valence-corrected chi connectivity index (χ1v) is 13.3. The molecule has 1 aliphatic rings. The molecule has 2 amide bonds. The molecule has 42 heavy (non-hydrogen) atoms. The third kappa shape index (κ3) is 6.19. The summed E-state index contributed by atoms with van der Waals surface area (Å²) in [7, 11) is 7.65. The van der Waals surface area contributed by atoms with E-state index >= 15 is 0 Å². The second-order valence-corrected chi connectivity index (χ2v) is 9.56. The zero-order chi connectivity index (χ0) is 30.4. The van der Waals surface area contributed by atoms with Gasteiger partial charge in [-0.15, -0.1) is 0 Å². The van der Waals surface area contributed by atoms with E-state index in [1.807, 2.05) is 6.07 Å². The van der Waals surface area contributed by atoms with Gasteiger partial charge < -0.3 is 39.6 Å². The van der Waals surface area contributed by atoms with Crippen LogP contribution in [-0.2, 0) is 16.0 Å². The number of anilines is 2. The fourth-order valence-corrected chi connectivity index (χ4v) is 5.13. The second-order valence-electron chi connectivity index (χ2n) is 9.56. The molecular weight excluding hydrogens is 542 g/mol. The highest BCUT2D eigenvalue weighted by Crippen LogP contribution is 2.50. The molecule has 3 aromatic rings. The number of hydrogen-bond donors (Lipinski definition) is 3. The van der Waals surface area contributed by atoms with Crippen LogP contribution in [0.25, 0.3) is 11.1 Å². The van der Waals surface area contributed by atoms with Crippen LogP contribution in [0.4, 0.5) is 11.4 Å². The Bertz CT molecular complexity index is 1560. The number of aryl methyl sites for hydroxylation is 1. The minimum Gasteiger partial charge on any atom is -0.497 e. The fraction of sp³-hybridized carbons (Fsp3) is 0.323. The summed E-state index contributed by atoms with van der Waals surface area (Å²) in [6.07, 6.45) is 1.13. The van der Waals surface area contributed by atoms with Crippen molar-refractivity contribution < 1.29 is 33.3 Å². The van der Waals surface area contributed by atoms with Crippen molar-refractivity contribution in [1.29, 1.82) is 0 Å². The highest BCUT2D eigenvalue weighted by Gasteiger charge is 2.29. The van der Waals surface area contributed by atoms with Gasteiger partial charge in [0.05, 0.1) is 59.5 Å². The van der Waals surface area contributed by atoms with Crippen LogP contribution in [0.5, 0.6) is 28.7 Å². The molecule has 3 aromatic carbocycles. The molecule has 1 atom stereocenters. The molecule has 4 rings (SSSR count). The van der Waals surface area contributed by atoms with Gasteiger partial charge >= 0.3 is 0 Å². The fourth-order valence-electron chi connectivity index (χ4n) is 5.13. The molecule has 0 unspecified atom stereocenters. The highest BCUT2D eigenvalue weighted by atomic mass is 16.5. The van der Waals surface area contributed by atoms with Crippen LogP contribution < -0.4 is 45.1 Å². The van der Waals surface area contributed by atoms with Crippen molar-refractivity contribution in [2.45, 2.75) is 25.8 Å². The summed E-state index contributed by atoms with van der Waals surface area (Å²) in [4.78, 5) is 38.4. The van der Waals surface area contributed by atoms with Crippen molar-refractivity contribution in [3.63, 3.8) is 0 Å². The Balaban J connectivity index is 1.73. The molecule has 0 saturated carbocycles. The predicted molar refractivity (Wildman–Crippen MR) is 159 cm³/mol. The quantitative estimate of drug-likeness (QED) is 0.328. The third-order valence-electron chi connectivity index (χ3n) is 7.04. The Morgan fingerprint density at radius 2 is 1.55 bits per heavy atom.